The van der Waals surface area contributed by atoms with Crippen LogP contribution in [0, 0.1) is 0 Å². The van der Waals surface area contributed by atoms with E-state index >= 15 is 0 Å². The predicted molar refractivity (Wildman–Crippen MR) is 142 cm³/mol. The molecule has 0 aliphatic heterocycles. The molecule has 13 nitrogen and oxygen atoms in total. The number of hydrogen-bond acceptors (Lipinski definition) is 9. The number of carbonyl (C=O) groups excluding carboxylic acids is 3. The van der Waals surface area contributed by atoms with Gasteiger partial charge in [0.2, 0.25) is 5.82 Å². The summed E-state index contributed by atoms with van der Waals surface area (Å²) >= 11 is 0. The van der Waals surface area contributed by atoms with Gasteiger partial charge in [0.25, 0.3) is 5.91 Å². The second-order valence-corrected chi connectivity index (χ2v) is 8.66. The van der Waals surface area contributed by atoms with E-state index in [2.05, 4.69) is 26.0 Å². The number of aromatic nitrogens is 4. The van der Waals surface area contributed by atoms with Crippen molar-refractivity contribution in [3.63, 3.8) is 0 Å². The normalized spacial score (nSPS) is 12.1. The van der Waals surface area contributed by atoms with Gasteiger partial charge in [0.05, 0.1) is 12.6 Å². The van der Waals surface area contributed by atoms with Crippen LogP contribution in [0.3, 0.4) is 0 Å². The average Bonchev–Trinajstić information content (AvgIpc) is 3.35. The Hall–Kier alpha value is -4.36. The van der Waals surface area contributed by atoms with Crippen LogP contribution >= 0.6 is 12.4 Å². The maximum Gasteiger partial charge on any atom is 0.408 e. The minimum absolute atomic E-state index is 0. The number of amides is 2. The second kappa shape index (κ2) is 14.5. The minimum atomic E-state index is -1.35. The third-order valence-corrected chi connectivity index (χ3v) is 5.54. The van der Waals surface area contributed by atoms with Gasteiger partial charge in [-0.3, -0.25) is 19.3 Å². The third kappa shape index (κ3) is 9.47. The molecule has 0 fully saturated rings. The van der Waals surface area contributed by atoms with Crippen molar-refractivity contribution < 1.29 is 29.0 Å². The van der Waals surface area contributed by atoms with Gasteiger partial charge in [0, 0.05) is 11.1 Å². The molecule has 14 heteroatoms. The summed E-state index contributed by atoms with van der Waals surface area (Å²) in [5.41, 5.74) is 1.75. The Kier molecular flexibility index (Phi) is 11.5. The highest BCUT2D eigenvalue weighted by molar-refractivity contribution is 5.94. The van der Waals surface area contributed by atoms with Crippen LogP contribution in [-0.2, 0) is 27.5 Å². The quantitative estimate of drug-likeness (QED) is 0.278. The molecule has 0 spiro atoms. The molecule has 2 aromatic carbocycles. The molecule has 208 valence electrons. The molecule has 2 amide bonds. The van der Waals surface area contributed by atoms with Gasteiger partial charge in [-0.05, 0) is 43.9 Å². The Labute approximate surface area is 230 Å². The van der Waals surface area contributed by atoms with Crippen molar-refractivity contribution in [2.75, 3.05) is 14.1 Å². The summed E-state index contributed by atoms with van der Waals surface area (Å²) in [5.74, 6) is -1.95. The molecule has 39 heavy (non-hydrogen) atoms. The number of hydrogen-bond donors (Lipinski definition) is 3. The van der Waals surface area contributed by atoms with Crippen LogP contribution < -0.4 is 10.6 Å². The molecule has 0 aliphatic carbocycles. The number of ketones is 1. The predicted octanol–water partition coefficient (Wildman–Crippen LogP) is 1.74. The number of alkyl carbamates (subject to hydrolysis) is 1. The molecule has 3 rings (SSSR count). The first-order valence-electron chi connectivity index (χ1n) is 11.7. The van der Waals surface area contributed by atoms with E-state index in [0.29, 0.717) is 11.1 Å². The number of carboxylic acid groups (broad SMARTS) is 1. The van der Waals surface area contributed by atoms with E-state index in [1.54, 1.807) is 48.5 Å². The highest BCUT2D eigenvalue weighted by Gasteiger charge is 2.25. The fourth-order valence-corrected chi connectivity index (χ4v) is 3.18. The summed E-state index contributed by atoms with van der Waals surface area (Å²) in [5, 5.41) is 26.3. The standard InChI is InChI=1S/C25H29N7O6.ClH/c1-16(31(2)3)26-24(36)19-11-9-18(10-12-19)23-28-30-32(29-23)14-21(33)20(13-22(34)35)27-25(37)38-15-17-7-5-4-6-8-17;/h4-12,16,20H,13-15H2,1-3H3,(H,26,36)(H,27,37)(H,34,35);1H. The van der Waals surface area contributed by atoms with Crippen molar-refractivity contribution in [2.24, 2.45) is 0 Å². The van der Waals surface area contributed by atoms with E-state index in [1.165, 1.54) is 0 Å². The topological polar surface area (TPSA) is 169 Å². The fourth-order valence-electron chi connectivity index (χ4n) is 3.18. The van der Waals surface area contributed by atoms with Crippen LogP contribution in [0.2, 0.25) is 0 Å². The van der Waals surface area contributed by atoms with Gasteiger partial charge >= 0.3 is 12.1 Å². The first-order valence-corrected chi connectivity index (χ1v) is 11.7. The molecule has 0 aliphatic rings. The van der Waals surface area contributed by atoms with Gasteiger partial charge in [-0.2, -0.15) is 4.80 Å². The van der Waals surface area contributed by atoms with Crippen LogP contribution in [0.4, 0.5) is 4.79 Å². The first-order chi connectivity index (χ1) is 18.1. The van der Waals surface area contributed by atoms with Crippen molar-refractivity contribution in [3.05, 3.63) is 65.7 Å². The Balaban J connectivity index is 0.00000533. The van der Waals surface area contributed by atoms with Crippen molar-refractivity contribution in [3.8, 4) is 11.4 Å². The van der Waals surface area contributed by atoms with Gasteiger partial charge < -0.3 is 20.5 Å². The summed E-state index contributed by atoms with van der Waals surface area (Å²) < 4.78 is 5.09. The van der Waals surface area contributed by atoms with Crippen LogP contribution in [-0.4, -0.2) is 80.3 Å². The van der Waals surface area contributed by atoms with Crippen LogP contribution in [0.5, 0.6) is 0 Å². The highest BCUT2D eigenvalue weighted by Crippen LogP contribution is 2.15. The number of nitrogens with one attached hydrogen (secondary N) is 2. The Morgan fingerprint density at radius 1 is 1.03 bits per heavy atom. The Morgan fingerprint density at radius 2 is 1.69 bits per heavy atom. The largest absolute Gasteiger partial charge is 0.481 e. The Bertz CT molecular complexity index is 1270. The fraction of sp³-hybridized carbons (Fsp3) is 0.320. The molecule has 2 unspecified atom stereocenters. The number of rotatable bonds is 12. The molecule has 1 heterocycles. The zero-order valence-electron chi connectivity index (χ0n) is 21.6. The van der Waals surface area contributed by atoms with E-state index in [4.69, 9.17) is 4.74 Å². The van der Waals surface area contributed by atoms with Crippen molar-refractivity contribution in [1.82, 2.24) is 35.7 Å². The van der Waals surface area contributed by atoms with E-state index in [9.17, 15) is 24.3 Å². The third-order valence-electron chi connectivity index (χ3n) is 5.54. The zero-order valence-corrected chi connectivity index (χ0v) is 22.4. The van der Waals surface area contributed by atoms with Gasteiger partial charge in [-0.1, -0.05) is 42.5 Å². The second-order valence-electron chi connectivity index (χ2n) is 8.66. The number of aliphatic carboxylic acids is 1. The lowest BCUT2D eigenvalue weighted by atomic mass is 10.1. The van der Waals surface area contributed by atoms with Gasteiger partial charge in [-0.25, -0.2) is 4.79 Å². The van der Waals surface area contributed by atoms with E-state index in [-0.39, 0.29) is 36.9 Å². The average molecular weight is 560 g/mol. The smallest absolute Gasteiger partial charge is 0.408 e. The van der Waals surface area contributed by atoms with Crippen LogP contribution in [0.15, 0.2) is 54.6 Å². The SMILES string of the molecule is CC(NC(=O)c1ccc(-c2nnn(CC(=O)C(CC(=O)O)NC(=O)OCc3ccccc3)n2)cc1)N(C)C.Cl. The number of carboxylic acids is 1. The number of nitrogens with zero attached hydrogens (tertiary/aromatic N) is 5. The molecule has 0 bridgehead atoms. The molecule has 0 saturated carbocycles. The number of tetrazole rings is 1. The summed E-state index contributed by atoms with van der Waals surface area (Å²) in [6.45, 7) is 1.40. The molecular formula is C25H30ClN7O6. The van der Waals surface area contributed by atoms with Crippen molar-refractivity contribution in [1.29, 1.82) is 0 Å². The summed E-state index contributed by atoms with van der Waals surface area (Å²) in [6.07, 6.45) is -1.72. The van der Waals surface area contributed by atoms with E-state index in [0.717, 1.165) is 10.4 Å². The monoisotopic (exact) mass is 559 g/mol. The molecule has 2 atom stereocenters. The molecular weight excluding hydrogens is 530 g/mol. The van der Waals surface area contributed by atoms with Gasteiger partial charge in [-0.15, -0.1) is 22.6 Å². The molecule has 0 saturated heterocycles. The first kappa shape index (κ1) is 30.9. The van der Waals surface area contributed by atoms with Gasteiger partial charge in [0.15, 0.2) is 5.78 Å². The summed E-state index contributed by atoms with van der Waals surface area (Å²) in [7, 11) is 3.71. The van der Waals surface area contributed by atoms with E-state index in [1.807, 2.05) is 32.0 Å². The Morgan fingerprint density at radius 3 is 2.31 bits per heavy atom. The van der Waals surface area contributed by atoms with Crippen LogP contribution in [0.1, 0.15) is 29.3 Å². The highest BCUT2D eigenvalue weighted by atomic mass is 35.5. The molecule has 0 radical (unpaired) electrons. The molecule has 1 aromatic heterocycles. The lowest BCUT2D eigenvalue weighted by Crippen LogP contribution is -2.44. The van der Waals surface area contributed by atoms with Crippen molar-refractivity contribution in [2.45, 2.75) is 38.7 Å². The molecule has 3 aromatic rings. The summed E-state index contributed by atoms with van der Waals surface area (Å²) in [6, 6.07) is 14.1. The van der Waals surface area contributed by atoms with Crippen molar-refractivity contribution >= 4 is 36.2 Å². The number of benzene rings is 2. The summed E-state index contributed by atoms with van der Waals surface area (Å²) in [4.78, 5) is 51.4. The maximum atomic E-state index is 12.7. The lowest BCUT2D eigenvalue weighted by molar-refractivity contribution is -0.139. The van der Waals surface area contributed by atoms with E-state index < -0.39 is 36.9 Å². The molecule has 3 N–H and O–H groups in total. The minimum Gasteiger partial charge on any atom is -0.481 e. The van der Waals surface area contributed by atoms with Gasteiger partial charge in [0.1, 0.15) is 19.2 Å². The van der Waals surface area contributed by atoms with Crippen LogP contribution in [0.25, 0.3) is 11.4 Å². The zero-order chi connectivity index (χ0) is 27.7. The number of ether oxygens (including phenoxy) is 1. The number of Topliss-reactive ketones (excluding diaryl/α,β-unsaturated/α-hetero) is 1. The number of carbonyl (C=O) groups is 4. The maximum absolute atomic E-state index is 12.7. The number of halogens is 1. The lowest BCUT2D eigenvalue weighted by Gasteiger charge is -2.20.